The molecule has 0 atom stereocenters. The molecule has 2 aromatic heterocycles. The number of tetrazole rings is 1. The van der Waals surface area contributed by atoms with Gasteiger partial charge in [0.2, 0.25) is 0 Å². The highest BCUT2D eigenvalue weighted by molar-refractivity contribution is 7.94. The summed E-state index contributed by atoms with van der Waals surface area (Å²) in [6, 6.07) is 4.65. The lowest BCUT2D eigenvalue weighted by Gasteiger charge is -1.99. The molecule has 0 unspecified atom stereocenters. The molecule has 2 heterocycles. The van der Waals surface area contributed by atoms with Crippen molar-refractivity contribution in [3.05, 3.63) is 17.0 Å². The van der Waals surface area contributed by atoms with E-state index < -0.39 is 10.0 Å². The third-order valence-corrected chi connectivity index (χ3v) is 4.50. The average molecular weight is 270 g/mol. The number of thiophene rings is 1. The van der Waals surface area contributed by atoms with Crippen LogP contribution in [0.25, 0.3) is 0 Å². The Morgan fingerprint density at radius 2 is 2.29 bits per heavy atom. The van der Waals surface area contributed by atoms with Gasteiger partial charge < -0.3 is 0 Å². The summed E-state index contributed by atoms with van der Waals surface area (Å²) in [5.41, 5.74) is 0. The van der Waals surface area contributed by atoms with Gasteiger partial charge in [0, 0.05) is 0 Å². The lowest BCUT2D eigenvalue weighted by Crippen LogP contribution is -2.12. The van der Waals surface area contributed by atoms with Crippen LogP contribution in [0.2, 0.25) is 0 Å². The second kappa shape index (κ2) is 4.11. The van der Waals surface area contributed by atoms with E-state index in [9.17, 15) is 8.42 Å². The second-order valence-electron chi connectivity index (χ2n) is 2.94. The van der Waals surface area contributed by atoms with Crippen molar-refractivity contribution >= 4 is 27.3 Å². The number of hydrogen-bond donors (Lipinski definition) is 1. The summed E-state index contributed by atoms with van der Waals surface area (Å²) >= 11 is 0.872. The molecule has 88 valence electrons. The third kappa shape index (κ3) is 2.40. The van der Waals surface area contributed by atoms with E-state index in [1.807, 2.05) is 6.07 Å². The SMILES string of the molecule is Cn1nnc(NS(=O)(=O)c2ccc(C#N)s2)n1. The molecule has 8 nitrogen and oxygen atoms in total. The molecule has 0 fully saturated rings. The maximum atomic E-state index is 11.8. The van der Waals surface area contributed by atoms with Crippen LogP contribution < -0.4 is 4.72 Å². The Balaban J connectivity index is 2.28. The first-order valence-corrected chi connectivity index (χ1v) is 6.58. The van der Waals surface area contributed by atoms with Gasteiger partial charge in [-0.2, -0.15) is 10.1 Å². The molecule has 0 amide bonds. The lowest BCUT2D eigenvalue weighted by atomic mass is 10.5. The molecule has 0 spiro atoms. The second-order valence-corrected chi connectivity index (χ2v) is 5.93. The lowest BCUT2D eigenvalue weighted by molar-refractivity contribution is 0.602. The first kappa shape index (κ1) is 11.5. The summed E-state index contributed by atoms with van der Waals surface area (Å²) in [4.78, 5) is 1.45. The summed E-state index contributed by atoms with van der Waals surface area (Å²) in [7, 11) is -2.23. The maximum Gasteiger partial charge on any atom is 0.277 e. The monoisotopic (exact) mass is 270 g/mol. The number of nitrogens with one attached hydrogen (secondary N) is 1. The van der Waals surface area contributed by atoms with E-state index in [4.69, 9.17) is 5.26 Å². The highest BCUT2D eigenvalue weighted by Crippen LogP contribution is 2.22. The standard InChI is InChI=1S/C7H6N6O2S2/c1-13-10-7(9-12-13)11-17(14,15)6-3-2-5(4-8)16-6/h2-3H,1H3,(H,10,11). The van der Waals surface area contributed by atoms with Crippen molar-refractivity contribution < 1.29 is 8.42 Å². The topological polar surface area (TPSA) is 114 Å². The molecule has 0 saturated heterocycles. The Bertz CT molecular complexity index is 679. The highest BCUT2D eigenvalue weighted by Gasteiger charge is 2.19. The van der Waals surface area contributed by atoms with Gasteiger partial charge in [-0.1, -0.05) is 5.10 Å². The Hall–Kier alpha value is -1.99. The van der Waals surface area contributed by atoms with Gasteiger partial charge in [0.15, 0.2) is 0 Å². The zero-order chi connectivity index (χ0) is 12.5. The van der Waals surface area contributed by atoms with Crippen LogP contribution in [0.1, 0.15) is 4.88 Å². The fourth-order valence-electron chi connectivity index (χ4n) is 1.02. The average Bonchev–Trinajstić information content (AvgIpc) is 2.86. The molecule has 0 aliphatic heterocycles. The molecule has 2 aromatic rings. The van der Waals surface area contributed by atoms with Crippen molar-refractivity contribution in [1.29, 1.82) is 5.26 Å². The minimum Gasteiger partial charge on any atom is -0.244 e. The molecule has 0 aromatic carbocycles. The smallest absolute Gasteiger partial charge is 0.244 e. The fourth-order valence-corrected chi connectivity index (χ4v) is 3.06. The summed E-state index contributed by atoms with van der Waals surface area (Å²) in [5, 5.41) is 19.3. The van der Waals surface area contributed by atoms with E-state index in [0.717, 1.165) is 16.1 Å². The summed E-state index contributed by atoms with van der Waals surface area (Å²) in [6.07, 6.45) is 0. The van der Waals surface area contributed by atoms with E-state index in [1.165, 1.54) is 19.2 Å². The quantitative estimate of drug-likeness (QED) is 0.836. The summed E-state index contributed by atoms with van der Waals surface area (Å²) in [6.45, 7) is 0. The van der Waals surface area contributed by atoms with Gasteiger partial charge in [-0.3, -0.25) is 0 Å². The zero-order valence-electron chi connectivity index (χ0n) is 8.52. The number of nitriles is 1. The molecule has 2 rings (SSSR count). The summed E-state index contributed by atoms with van der Waals surface area (Å²) < 4.78 is 25.8. The third-order valence-electron chi connectivity index (χ3n) is 1.69. The van der Waals surface area contributed by atoms with Gasteiger partial charge in [-0.25, -0.2) is 13.1 Å². The molecule has 10 heteroatoms. The molecule has 0 bridgehead atoms. The molecule has 0 aliphatic rings. The first-order chi connectivity index (χ1) is 8.01. The molecular formula is C7H6N6O2S2. The van der Waals surface area contributed by atoms with Crippen LogP contribution in [0.4, 0.5) is 5.95 Å². The fraction of sp³-hybridized carbons (Fsp3) is 0.143. The number of rotatable bonds is 3. The minimum absolute atomic E-state index is 0.0292. The van der Waals surface area contributed by atoms with Crippen molar-refractivity contribution in [2.45, 2.75) is 4.21 Å². The zero-order valence-corrected chi connectivity index (χ0v) is 10.2. The van der Waals surface area contributed by atoms with Gasteiger partial charge in [0.25, 0.3) is 16.0 Å². The van der Waals surface area contributed by atoms with Crippen LogP contribution in [0.15, 0.2) is 16.3 Å². The van der Waals surface area contributed by atoms with Crippen LogP contribution in [0.5, 0.6) is 0 Å². The van der Waals surface area contributed by atoms with E-state index in [0.29, 0.717) is 4.88 Å². The van der Waals surface area contributed by atoms with Crippen LogP contribution in [0.3, 0.4) is 0 Å². The van der Waals surface area contributed by atoms with Crippen molar-refractivity contribution in [2.24, 2.45) is 7.05 Å². The predicted octanol–water partition coefficient (Wildman–Crippen LogP) is -0.0559. The number of sulfonamides is 1. The Morgan fingerprint density at radius 1 is 1.53 bits per heavy atom. The van der Waals surface area contributed by atoms with Gasteiger partial charge in [0.05, 0.1) is 7.05 Å². The van der Waals surface area contributed by atoms with Gasteiger partial charge in [0.1, 0.15) is 15.2 Å². The maximum absolute atomic E-state index is 11.8. The number of anilines is 1. The Kier molecular flexibility index (Phi) is 2.78. The van der Waals surface area contributed by atoms with Crippen LogP contribution in [-0.4, -0.2) is 28.6 Å². The van der Waals surface area contributed by atoms with Crippen molar-refractivity contribution in [1.82, 2.24) is 20.2 Å². The number of aromatic nitrogens is 4. The Morgan fingerprint density at radius 3 is 2.82 bits per heavy atom. The van der Waals surface area contributed by atoms with Crippen LogP contribution >= 0.6 is 11.3 Å². The van der Waals surface area contributed by atoms with Crippen molar-refractivity contribution in [3.8, 4) is 6.07 Å². The van der Waals surface area contributed by atoms with Gasteiger partial charge in [-0.05, 0) is 17.3 Å². The highest BCUT2D eigenvalue weighted by atomic mass is 32.2. The largest absolute Gasteiger partial charge is 0.277 e. The van der Waals surface area contributed by atoms with Crippen LogP contribution in [0, 0.1) is 11.3 Å². The molecule has 1 N–H and O–H groups in total. The molecule has 0 aliphatic carbocycles. The minimum atomic E-state index is -3.75. The number of aryl methyl sites for hydroxylation is 1. The summed E-state index contributed by atoms with van der Waals surface area (Å²) in [5.74, 6) is -0.112. The van der Waals surface area contributed by atoms with Crippen molar-refractivity contribution in [3.63, 3.8) is 0 Å². The predicted molar refractivity (Wildman–Crippen MR) is 58.6 cm³/mol. The molecule has 17 heavy (non-hydrogen) atoms. The van der Waals surface area contributed by atoms with E-state index in [2.05, 4.69) is 20.1 Å². The van der Waals surface area contributed by atoms with E-state index in [-0.39, 0.29) is 10.2 Å². The molecule has 0 saturated carbocycles. The van der Waals surface area contributed by atoms with Gasteiger partial charge >= 0.3 is 0 Å². The number of hydrogen-bond acceptors (Lipinski definition) is 7. The normalized spacial score (nSPS) is 11.1. The molecular weight excluding hydrogens is 264 g/mol. The number of nitrogens with zero attached hydrogens (tertiary/aromatic N) is 5. The Labute approximate surface area is 101 Å². The van der Waals surface area contributed by atoms with Crippen molar-refractivity contribution in [2.75, 3.05) is 4.72 Å². The van der Waals surface area contributed by atoms with Crippen LogP contribution in [-0.2, 0) is 17.1 Å². The molecule has 0 radical (unpaired) electrons. The van der Waals surface area contributed by atoms with Gasteiger partial charge in [-0.15, -0.1) is 16.4 Å². The first-order valence-electron chi connectivity index (χ1n) is 4.28. The van der Waals surface area contributed by atoms with E-state index in [1.54, 1.807) is 0 Å². The van der Waals surface area contributed by atoms with E-state index >= 15 is 0 Å².